The molecule has 1 aromatic heterocycles. The molecule has 0 atom stereocenters. The first kappa shape index (κ1) is 18.1. The molecule has 0 fully saturated rings. The van der Waals surface area contributed by atoms with Gasteiger partial charge >= 0.3 is 0 Å². The van der Waals surface area contributed by atoms with E-state index in [-0.39, 0.29) is 5.91 Å². The molecule has 0 bridgehead atoms. The SMILES string of the molecule is O=C(c1oc2ccccc2c1CSCc1ccccc1)N1CCc2ccccc21. The van der Waals surface area contributed by atoms with Crippen molar-refractivity contribution in [1.82, 2.24) is 0 Å². The summed E-state index contributed by atoms with van der Waals surface area (Å²) in [6.45, 7) is 0.700. The fourth-order valence-corrected chi connectivity index (χ4v) is 4.95. The van der Waals surface area contributed by atoms with Crippen LogP contribution < -0.4 is 4.90 Å². The van der Waals surface area contributed by atoms with Gasteiger partial charge in [0, 0.05) is 34.7 Å². The van der Waals surface area contributed by atoms with Crippen LogP contribution in [0, 0.1) is 0 Å². The molecule has 1 amide bonds. The third kappa shape index (κ3) is 3.45. The monoisotopic (exact) mass is 399 g/mol. The number of rotatable bonds is 5. The van der Waals surface area contributed by atoms with Crippen molar-refractivity contribution in [3.63, 3.8) is 0 Å². The van der Waals surface area contributed by atoms with Gasteiger partial charge in [-0.15, -0.1) is 0 Å². The fourth-order valence-electron chi connectivity index (χ4n) is 3.93. The second kappa shape index (κ2) is 7.80. The molecule has 5 rings (SSSR count). The van der Waals surface area contributed by atoms with E-state index in [1.54, 1.807) is 0 Å². The number of hydrogen-bond acceptors (Lipinski definition) is 3. The Morgan fingerprint density at radius 3 is 2.55 bits per heavy atom. The minimum atomic E-state index is -0.0403. The molecular formula is C25H21NO2S. The maximum absolute atomic E-state index is 13.5. The van der Waals surface area contributed by atoms with Gasteiger partial charge in [0.25, 0.3) is 5.91 Å². The summed E-state index contributed by atoms with van der Waals surface area (Å²) in [5.41, 5.74) is 5.28. The maximum Gasteiger partial charge on any atom is 0.294 e. The molecule has 0 saturated carbocycles. The topological polar surface area (TPSA) is 33.5 Å². The van der Waals surface area contributed by atoms with Crippen LogP contribution in [0.3, 0.4) is 0 Å². The summed E-state index contributed by atoms with van der Waals surface area (Å²) >= 11 is 1.81. The quantitative estimate of drug-likeness (QED) is 0.408. The molecule has 0 unspecified atom stereocenters. The zero-order valence-electron chi connectivity index (χ0n) is 16.0. The van der Waals surface area contributed by atoms with Crippen LogP contribution in [0.5, 0.6) is 0 Å². The van der Waals surface area contributed by atoms with E-state index >= 15 is 0 Å². The number of nitrogens with zero attached hydrogens (tertiary/aromatic N) is 1. The molecule has 0 aliphatic carbocycles. The van der Waals surface area contributed by atoms with Crippen molar-refractivity contribution >= 4 is 34.3 Å². The van der Waals surface area contributed by atoms with Crippen molar-refractivity contribution in [1.29, 1.82) is 0 Å². The van der Waals surface area contributed by atoms with Crippen molar-refractivity contribution in [3.05, 3.63) is 101 Å². The molecule has 1 aliphatic rings. The number of thioether (sulfide) groups is 1. The number of carbonyl (C=O) groups is 1. The van der Waals surface area contributed by atoms with Crippen molar-refractivity contribution in [2.75, 3.05) is 11.4 Å². The average Bonchev–Trinajstić information content (AvgIpc) is 3.36. The third-order valence-electron chi connectivity index (χ3n) is 5.38. The Morgan fingerprint density at radius 2 is 1.66 bits per heavy atom. The molecule has 2 heterocycles. The van der Waals surface area contributed by atoms with E-state index < -0.39 is 0 Å². The van der Waals surface area contributed by atoms with Crippen molar-refractivity contribution in [3.8, 4) is 0 Å². The summed E-state index contributed by atoms with van der Waals surface area (Å²) < 4.78 is 6.09. The van der Waals surface area contributed by atoms with E-state index in [4.69, 9.17) is 4.42 Å². The Labute approximate surface area is 174 Å². The first-order valence-electron chi connectivity index (χ1n) is 9.83. The van der Waals surface area contributed by atoms with Crippen LogP contribution in [0.1, 0.15) is 27.2 Å². The number of furan rings is 1. The number of anilines is 1. The van der Waals surface area contributed by atoms with Gasteiger partial charge in [0.1, 0.15) is 5.58 Å². The van der Waals surface area contributed by atoms with E-state index in [1.165, 1.54) is 11.1 Å². The van der Waals surface area contributed by atoms with E-state index in [2.05, 4.69) is 30.3 Å². The zero-order chi connectivity index (χ0) is 19.6. The molecule has 0 radical (unpaired) electrons. The van der Waals surface area contributed by atoms with Gasteiger partial charge in [-0.3, -0.25) is 4.79 Å². The van der Waals surface area contributed by atoms with E-state index in [9.17, 15) is 4.79 Å². The number of carbonyl (C=O) groups excluding carboxylic acids is 1. The van der Waals surface area contributed by atoms with Crippen molar-refractivity contribution < 1.29 is 9.21 Å². The second-order valence-electron chi connectivity index (χ2n) is 7.22. The Morgan fingerprint density at radius 1 is 0.897 bits per heavy atom. The number of fused-ring (bicyclic) bond motifs is 2. The summed E-state index contributed by atoms with van der Waals surface area (Å²) in [5, 5.41) is 1.03. The van der Waals surface area contributed by atoms with Crippen molar-refractivity contribution in [2.24, 2.45) is 0 Å². The smallest absolute Gasteiger partial charge is 0.294 e. The van der Waals surface area contributed by atoms with Gasteiger partial charge in [-0.2, -0.15) is 11.8 Å². The van der Waals surface area contributed by atoms with Crippen LogP contribution in [-0.4, -0.2) is 12.5 Å². The van der Waals surface area contributed by atoms with Gasteiger partial charge in [0.2, 0.25) is 0 Å². The minimum absolute atomic E-state index is 0.0403. The minimum Gasteiger partial charge on any atom is -0.451 e. The molecule has 0 saturated heterocycles. The molecule has 3 aromatic carbocycles. The summed E-state index contributed by atoms with van der Waals surface area (Å²) in [6, 6.07) is 26.5. The molecule has 0 spiro atoms. The molecule has 0 N–H and O–H groups in total. The van der Waals surface area contributed by atoms with Crippen LogP contribution in [0.4, 0.5) is 5.69 Å². The molecule has 4 aromatic rings. The van der Waals surface area contributed by atoms with Gasteiger partial charge in [-0.25, -0.2) is 0 Å². The highest BCUT2D eigenvalue weighted by Crippen LogP contribution is 2.34. The van der Waals surface area contributed by atoms with E-state index in [0.717, 1.165) is 40.1 Å². The van der Waals surface area contributed by atoms with Gasteiger partial charge in [-0.05, 0) is 29.7 Å². The molecule has 29 heavy (non-hydrogen) atoms. The van der Waals surface area contributed by atoms with Gasteiger partial charge in [0.05, 0.1) is 0 Å². The average molecular weight is 400 g/mol. The Hall–Kier alpha value is -2.98. The lowest BCUT2D eigenvalue weighted by Gasteiger charge is -2.16. The lowest BCUT2D eigenvalue weighted by molar-refractivity contribution is 0.0964. The van der Waals surface area contributed by atoms with Crippen LogP contribution in [-0.2, 0) is 17.9 Å². The Bertz CT molecular complexity index is 1170. The van der Waals surface area contributed by atoms with E-state index in [0.29, 0.717) is 12.3 Å². The molecule has 1 aliphatic heterocycles. The number of para-hydroxylation sites is 2. The zero-order valence-corrected chi connectivity index (χ0v) is 16.8. The normalized spacial score (nSPS) is 13.0. The molecule has 144 valence electrons. The van der Waals surface area contributed by atoms with Gasteiger partial charge < -0.3 is 9.32 Å². The second-order valence-corrected chi connectivity index (χ2v) is 8.21. The summed E-state index contributed by atoms with van der Waals surface area (Å²) in [4.78, 5) is 15.3. The first-order valence-corrected chi connectivity index (χ1v) is 11.0. The summed E-state index contributed by atoms with van der Waals surface area (Å²) in [5.74, 6) is 2.08. The predicted octanol–water partition coefficient (Wildman–Crippen LogP) is 6.07. The maximum atomic E-state index is 13.5. The van der Waals surface area contributed by atoms with Crippen LogP contribution in [0.2, 0.25) is 0 Å². The standard InChI is InChI=1S/C25H21NO2S/c27-25(26-15-14-19-10-4-6-12-22(19)26)24-21(20-11-5-7-13-23(20)28-24)17-29-16-18-8-2-1-3-9-18/h1-13H,14-17H2. The van der Waals surface area contributed by atoms with Gasteiger partial charge in [0.15, 0.2) is 5.76 Å². The number of hydrogen-bond donors (Lipinski definition) is 0. The highest BCUT2D eigenvalue weighted by atomic mass is 32.2. The largest absolute Gasteiger partial charge is 0.451 e. The highest BCUT2D eigenvalue weighted by Gasteiger charge is 2.30. The third-order valence-corrected chi connectivity index (χ3v) is 6.41. The summed E-state index contributed by atoms with van der Waals surface area (Å²) in [7, 11) is 0. The summed E-state index contributed by atoms with van der Waals surface area (Å²) in [6.07, 6.45) is 0.889. The molecule has 3 nitrogen and oxygen atoms in total. The predicted molar refractivity (Wildman–Crippen MR) is 119 cm³/mol. The van der Waals surface area contributed by atoms with Crippen LogP contribution >= 0.6 is 11.8 Å². The van der Waals surface area contributed by atoms with Crippen molar-refractivity contribution in [2.45, 2.75) is 17.9 Å². The van der Waals surface area contributed by atoms with E-state index in [1.807, 2.05) is 65.2 Å². The highest BCUT2D eigenvalue weighted by molar-refractivity contribution is 7.97. The number of benzene rings is 3. The van der Waals surface area contributed by atoms with Crippen LogP contribution in [0.15, 0.2) is 83.3 Å². The van der Waals surface area contributed by atoms with Crippen LogP contribution in [0.25, 0.3) is 11.0 Å². The van der Waals surface area contributed by atoms with Gasteiger partial charge in [-0.1, -0.05) is 66.7 Å². The lowest BCUT2D eigenvalue weighted by Crippen LogP contribution is -2.29. The Balaban J connectivity index is 1.46. The fraction of sp³-hybridized carbons (Fsp3) is 0.160. The lowest BCUT2D eigenvalue weighted by atomic mass is 10.1. The first-order chi connectivity index (χ1) is 14.3. The molecular weight excluding hydrogens is 378 g/mol. The Kier molecular flexibility index (Phi) is 4.86. The number of amides is 1. The molecule has 4 heteroatoms.